The van der Waals surface area contributed by atoms with Gasteiger partial charge < -0.3 is 9.73 Å². The fourth-order valence-electron chi connectivity index (χ4n) is 4.12. The van der Waals surface area contributed by atoms with Gasteiger partial charge >= 0.3 is 0 Å². The molecule has 0 saturated carbocycles. The van der Waals surface area contributed by atoms with Gasteiger partial charge in [0.2, 0.25) is 10.0 Å². The molecule has 1 aromatic heterocycles. The zero-order valence-corrected chi connectivity index (χ0v) is 18.0. The maximum absolute atomic E-state index is 13.1. The van der Waals surface area contributed by atoms with Gasteiger partial charge in [0.05, 0.1) is 4.90 Å². The molecule has 6 nitrogen and oxygen atoms in total. The molecule has 0 bridgehead atoms. The molecule has 0 radical (unpaired) electrons. The fraction of sp³-hybridized carbons (Fsp3) is 0.348. The third kappa shape index (κ3) is 3.75. The molecule has 1 fully saturated rings. The van der Waals surface area contributed by atoms with E-state index in [0.717, 1.165) is 36.6 Å². The Kier molecular flexibility index (Phi) is 5.66. The Hall–Kier alpha value is -2.64. The van der Waals surface area contributed by atoms with Crippen molar-refractivity contribution in [3.8, 4) is 0 Å². The molecule has 2 aromatic carbocycles. The van der Waals surface area contributed by atoms with Gasteiger partial charge in [-0.2, -0.15) is 4.31 Å². The number of carbonyl (C=O) groups excluding carboxylic acids is 1. The van der Waals surface area contributed by atoms with Crippen molar-refractivity contribution in [1.82, 2.24) is 4.31 Å². The third-order valence-electron chi connectivity index (χ3n) is 5.81. The predicted molar refractivity (Wildman–Crippen MR) is 117 cm³/mol. The summed E-state index contributed by atoms with van der Waals surface area (Å²) in [5, 5.41) is 3.70. The molecule has 0 unspecified atom stereocenters. The first-order valence-corrected chi connectivity index (χ1v) is 11.8. The van der Waals surface area contributed by atoms with E-state index in [0.29, 0.717) is 17.8 Å². The van der Waals surface area contributed by atoms with Crippen LogP contribution < -0.4 is 5.32 Å². The van der Waals surface area contributed by atoms with E-state index in [1.165, 1.54) is 0 Å². The lowest BCUT2D eigenvalue weighted by molar-refractivity contribution is 0.0998. The quantitative estimate of drug-likeness (QED) is 0.626. The normalized spacial score (nSPS) is 17.9. The van der Waals surface area contributed by atoms with Gasteiger partial charge in [0.15, 0.2) is 5.76 Å². The monoisotopic (exact) mass is 426 g/mol. The van der Waals surface area contributed by atoms with E-state index < -0.39 is 10.0 Å². The first-order chi connectivity index (χ1) is 14.4. The number of piperidine rings is 1. The molecule has 1 amide bonds. The number of aryl methyl sites for hydroxylation is 1. The molecule has 1 N–H and O–H groups in total. The topological polar surface area (TPSA) is 79.6 Å². The number of carbonyl (C=O) groups is 1. The van der Waals surface area contributed by atoms with Gasteiger partial charge in [-0.1, -0.05) is 31.5 Å². The van der Waals surface area contributed by atoms with Gasteiger partial charge in [-0.15, -0.1) is 0 Å². The van der Waals surface area contributed by atoms with Gasteiger partial charge in [-0.3, -0.25) is 4.79 Å². The molecule has 1 saturated heterocycles. The van der Waals surface area contributed by atoms with E-state index in [4.69, 9.17) is 4.42 Å². The average Bonchev–Trinajstić information content (AvgIpc) is 3.11. The molecule has 0 spiro atoms. The Morgan fingerprint density at radius 2 is 1.87 bits per heavy atom. The molecular weight excluding hydrogens is 400 g/mol. The molecule has 158 valence electrons. The lowest BCUT2D eigenvalue weighted by Gasteiger charge is -2.34. The second kappa shape index (κ2) is 8.24. The van der Waals surface area contributed by atoms with Gasteiger partial charge in [0, 0.05) is 29.2 Å². The van der Waals surface area contributed by atoms with E-state index in [2.05, 4.69) is 5.32 Å². The number of fused-ring (bicyclic) bond motifs is 1. The standard InChI is InChI=1S/C23H26N2O4S/c1-3-18-8-6-7-15-25(18)30(27,28)19-13-11-17(12-14-19)24-23(26)22-16(2)20-9-4-5-10-21(20)29-22/h4-5,9-14,18H,3,6-8,15H2,1-2H3,(H,24,26)/t18-/m0/s1. The van der Waals surface area contributed by atoms with Crippen LogP contribution in [0.1, 0.15) is 48.7 Å². The molecule has 30 heavy (non-hydrogen) atoms. The molecule has 4 rings (SSSR count). The van der Waals surface area contributed by atoms with Gasteiger partial charge in [-0.05, 0) is 56.5 Å². The van der Waals surface area contributed by atoms with Crippen LogP contribution in [0.5, 0.6) is 0 Å². The highest BCUT2D eigenvalue weighted by Crippen LogP contribution is 2.28. The Morgan fingerprint density at radius 1 is 1.13 bits per heavy atom. The first-order valence-electron chi connectivity index (χ1n) is 10.3. The Labute approximate surface area is 176 Å². The SMILES string of the molecule is CC[C@H]1CCCCN1S(=O)(=O)c1ccc(NC(=O)c2oc3ccccc3c2C)cc1. The number of nitrogens with zero attached hydrogens (tertiary/aromatic N) is 1. The molecule has 1 aliphatic rings. The summed E-state index contributed by atoms with van der Waals surface area (Å²) in [5.74, 6) is -0.103. The lowest BCUT2D eigenvalue weighted by Crippen LogP contribution is -2.43. The highest BCUT2D eigenvalue weighted by atomic mass is 32.2. The van der Waals surface area contributed by atoms with Crippen molar-refractivity contribution in [2.45, 2.75) is 50.5 Å². The van der Waals surface area contributed by atoms with E-state index in [1.807, 2.05) is 38.1 Å². The van der Waals surface area contributed by atoms with Gasteiger partial charge in [0.25, 0.3) is 5.91 Å². The van der Waals surface area contributed by atoms with Crippen LogP contribution >= 0.6 is 0 Å². The number of amides is 1. The second-order valence-electron chi connectivity index (χ2n) is 7.70. The van der Waals surface area contributed by atoms with E-state index in [1.54, 1.807) is 28.6 Å². The number of nitrogens with one attached hydrogen (secondary N) is 1. The molecule has 7 heteroatoms. The first kappa shape index (κ1) is 20.6. The number of hydrogen-bond acceptors (Lipinski definition) is 4. The number of benzene rings is 2. The molecule has 2 heterocycles. The van der Waals surface area contributed by atoms with Crippen LogP contribution in [0.3, 0.4) is 0 Å². The van der Waals surface area contributed by atoms with Crippen molar-refractivity contribution < 1.29 is 17.6 Å². The largest absolute Gasteiger partial charge is 0.451 e. The van der Waals surface area contributed by atoms with Crippen LogP contribution in [0.4, 0.5) is 5.69 Å². The Morgan fingerprint density at radius 3 is 2.57 bits per heavy atom. The molecule has 3 aromatic rings. The maximum atomic E-state index is 13.1. The second-order valence-corrected chi connectivity index (χ2v) is 9.60. The average molecular weight is 427 g/mol. The summed E-state index contributed by atoms with van der Waals surface area (Å²) >= 11 is 0. The predicted octanol–water partition coefficient (Wildman–Crippen LogP) is 4.95. The number of para-hydroxylation sites is 1. The number of furan rings is 1. The van der Waals surface area contributed by atoms with Gasteiger partial charge in [0.1, 0.15) is 5.58 Å². The van der Waals surface area contributed by atoms with E-state index in [9.17, 15) is 13.2 Å². The highest BCUT2D eigenvalue weighted by molar-refractivity contribution is 7.89. The fourth-order valence-corrected chi connectivity index (χ4v) is 5.89. The molecule has 1 atom stereocenters. The summed E-state index contributed by atoms with van der Waals surface area (Å²) < 4.78 is 33.5. The number of rotatable bonds is 5. The minimum atomic E-state index is -3.54. The number of sulfonamides is 1. The van der Waals surface area contributed by atoms with Crippen LogP contribution in [-0.2, 0) is 10.0 Å². The smallest absolute Gasteiger partial charge is 0.291 e. The van der Waals surface area contributed by atoms with E-state index >= 15 is 0 Å². The van der Waals surface area contributed by atoms with Crippen molar-refractivity contribution >= 4 is 32.6 Å². The van der Waals surface area contributed by atoms with Crippen LogP contribution in [0.2, 0.25) is 0 Å². The van der Waals surface area contributed by atoms with Crippen LogP contribution in [0.15, 0.2) is 57.8 Å². The zero-order valence-electron chi connectivity index (χ0n) is 17.2. The zero-order chi connectivity index (χ0) is 21.3. The van der Waals surface area contributed by atoms with Gasteiger partial charge in [-0.25, -0.2) is 8.42 Å². The summed E-state index contributed by atoms with van der Waals surface area (Å²) in [7, 11) is -3.54. The highest BCUT2D eigenvalue weighted by Gasteiger charge is 2.32. The van der Waals surface area contributed by atoms with Crippen LogP contribution in [-0.4, -0.2) is 31.2 Å². The summed E-state index contributed by atoms with van der Waals surface area (Å²) in [6.07, 6.45) is 3.67. The lowest BCUT2D eigenvalue weighted by atomic mass is 10.0. The Balaban J connectivity index is 1.53. The molecule has 1 aliphatic heterocycles. The minimum Gasteiger partial charge on any atom is -0.451 e. The molecular formula is C23H26N2O4S. The summed E-state index contributed by atoms with van der Waals surface area (Å²) in [6, 6.07) is 13.9. The van der Waals surface area contributed by atoms with Crippen molar-refractivity contribution in [3.05, 3.63) is 59.9 Å². The van der Waals surface area contributed by atoms with Crippen molar-refractivity contribution in [2.24, 2.45) is 0 Å². The minimum absolute atomic E-state index is 0.0548. The summed E-state index contributed by atoms with van der Waals surface area (Å²) in [5.41, 5.74) is 1.95. The summed E-state index contributed by atoms with van der Waals surface area (Å²) in [4.78, 5) is 12.9. The van der Waals surface area contributed by atoms with Crippen LogP contribution in [0.25, 0.3) is 11.0 Å². The summed E-state index contributed by atoms with van der Waals surface area (Å²) in [6.45, 7) is 4.43. The molecule has 0 aliphatic carbocycles. The van der Waals surface area contributed by atoms with Crippen LogP contribution in [0, 0.1) is 6.92 Å². The number of hydrogen-bond donors (Lipinski definition) is 1. The van der Waals surface area contributed by atoms with Crippen molar-refractivity contribution in [1.29, 1.82) is 0 Å². The Bertz CT molecular complexity index is 1170. The third-order valence-corrected chi connectivity index (χ3v) is 7.78. The van der Waals surface area contributed by atoms with Crippen molar-refractivity contribution in [2.75, 3.05) is 11.9 Å². The van der Waals surface area contributed by atoms with Crippen molar-refractivity contribution in [3.63, 3.8) is 0 Å². The number of anilines is 1. The van der Waals surface area contributed by atoms with E-state index in [-0.39, 0.29) is 22.6 Å². The maximum Gasteiger partial charge on any atom is 0.291 e.